The Labute approximate surface area is 125 Å². The lowest BCUT2D eigenvalue weighted by Gasteiger charge is -2.15. The normalized spacial score (nSPS) is 10.3. The minimum absolute atomic E-state index is 0.0643. The maximum absolute atomic E-state index is 13.1. The summed E-state index contributed by atoms with van der Waals surface area (Å²) in [6.07, 6.45) is 0. The fraction of sp³-hybridized carbons (Fsp3) is 0. The van der Waals surface area contributed by atoms with E-state index in [4.69, 9.17) is 16.3 Å². The number of phenols is 1. The van der Waals surface area contributed by atoms with Gasteiger partial charge in [0.25, 0.3) is 0 Å². The van der Waals surface area contributed by atoms with Crippen LogP contribution in [0.1, 0.15) is 0 Å². The Kier molecular flexibility index (Phi) is 4.74. The number of rotatable bonds is 4. The Morgan fingerprint density at radius 3 is 2.38 bits per heavy atom. The average Bonchev–Trinajstić information content (AvgIpc) is 2.43. The molecule has 0 aliphatic heterocycles. The van der Waals surface area contributed by atoms with Crippen LogP contribution in [0.15, 0.2) is 36.4 Å². The highest BCUT2D eigenvalue weighted by molar-refractivity contribution is 6.63. The fourth-order valence-electron chi connectivity index (χ4n) is 1.74. The molecule has 4 N–H and O–H groups in total. The number of halogens is 2. The summed E-state index contributed by atoms with van der Waals surface area (Å²) in [5, 5.41) is 38.2. The highest BCUT2D eigenvalue weighted by Crippen LogP contribution is 2.16. The van der Waals surface area contributed by atoms with Crippen LogP contribution in [-0.2, 0) is 0 Å². The summed E-state index contributed by atoms with van der Waals surface area (Å²) < 4.78 is 18.3. The Morgan fingerprint density at radius 2 is 1.71 bits per heavy atom. The molecule has 0 aliphatic carbocycles. The van der Waals surface area contributed by atoms with E-state index in [1.54, 1.807) is 0 Å². The molecular weight excluding hydrogens is 300 g/mol. The molecule has 108 valence electrons. The van der Waals surface area contributed by atoms with Gasteiger partial charge in [-0.25, -0.2) is 4.39 Å². The lowest BCUT2D eigenvalue weighted by Crippen LogP contribution is -2.40. The highest BCUT2D eigenvalue weighted by atomic mass is 35.5. The predicted octanol–water partition coefficient (Wildman–Crippen LogP) is -0.369. The van der Waals surface area contributed by atoms with Crippen molar-refractivity contribution in [2.24, 2.45) is 0 Å². The van der Waals surface area contributed by atoms with Gasteiger partial charge in [0, 0.05) is 15.9 Å². The third kappa shape index (κ3) is 3.68. The van der Waals surface area contributed by atoms with Crippen molar-refractivity contribution >= 4 is 36.8 Å². The molecule has 0 amide bonds. The Morgan fingerprint density at radius 1 is 1.00 bits per heavy atom. The molecule has 0 radical (unpaired) electrons. The molecule has 9 heteroatoms. The smallest absolute Gasteiger partial charge is 0.533 e. The van der Waals surface area contributed by atoms with Crippen LogP contribution in [-0.4, -0.2) is 34.4 Å². The van der Waals surface area contributed by atoms with Crippen molar-refractivity contribution in [2.45, 2.75) is 0 Å². The van der Waals surface area contributed by atoms with E-state index in [9.17, 15) is 24.6 Å². The number of phenolic OH excluding ortho intramolecular Hbond substituents is 1. The molecule has 0 spiro atoms. The van der Waals surface area contributed by atoms with E-state index >= 15 is 0 Å². The fourth-order valence-corrected chi connectivity index (χ4v) is 1.92. The molecule has 5 nitrogen and oxygen atoms in total. The third-order valence-electron chi connectivity index (χ3n) is 2.74. The molecule has 21 heavy (non-hydrogen) atoms. The molecular formula is C12H10B2ClFO5. The van der Waals surface area contributed by atoms with Gasteiger partial charge in [-0.15, -0.1) is 0 Å². The topological polar surface area (TPSA) is 90.2 Å². The zero-order valence-corrected chi connectivity index (χ0v) is 11.3. The van der Waals surface area contributed by atoms with Gasteiger partial charge >= 0.3 is 14.2 Å². The second-order valence-corrected chi connectivity index (χ2v) is 4.67. The summed E-state index contributed by atoms with van der Waals surface area (Å²) >= 11 is 5.73. The molecule has 2 aromatic carbocycles. The number of benzene rings is 2. The van der Waals surface area contributed by atoms with E-state index < -0.39 is 20.1 Å². The molecule has 0 aromatic heterocycles. The molecule has 2 aromatic rings. The lowest BCUT2D eigenvalue weighted by molar-refractivity contribution is 0.414. The molecule has 0 aliphatic rings. The minimum atomic E-state index is -1.87. The summed E-state index contributed by atoms with van der Waals surface area (Å²) in [6, 6.07) is 6.99. The van der Waals surface area contributed by atoms with Crippen LogP contribution in [0.3, 0.4) is 0 Å². The van der Waals surface area contributed by atoms with Crippen molar-refractivity contribution in [2.75, 3.05) is 0 Å². The number of hydrogen-bond acceptors (Lipinski definition) is 5. The first-order chi connectivity index (χ1) is 9.88. The lowest BCUT2D eigenvalue weighted by atomic mass is 9.76. The van der Waals surface area contributed by atoms with Gasteiger partial charge in [-0.1, -0.05) is 11.6 Å². The van der Waals surface area contributed by atoms with Crippen molar-refractivity contribution < 1.29 is 29.2 Å². The minimum Gasteiger partial charge on any atom is -0.533 e. The van der Waals surface area contributed by atoms with Crippen molar-refractivity contribution in [3.63, 3.8) is 0 Å². The van der Waals surface area contributed by atoms with Crippen LogP contribution in [0, 0.1) is 5.82 Å². The van der Waals surface area contributed by atoms with E-state index in [-0.39, 0.29) is 27.4 Å². The Hall–Kier alpha value is -1.73. The van der Waals surface area contributed by atoms with Gasteiger partial charge in [0.2, 0.25) is 0 Å². The molecule has 0 fully saturated rings. The summed E-state index contributed by atoms with van der Waals surface area (Å²) in [5.41, 5.74) is -0.263. The van der Waals surface area contributed by atoms with Crippen LogP contribution in [0.4, 0.5) is 4.39 Å². The van der Waals surface area contributed by atoms with E-state index in [0.717, 1.165) is 18.2 Å². The zero-order valence-electron chi connectivity index (χ0n) is 10.6. The molecule has 0 atom stereocenters. The zero-order chi connectivity index (χ0) is 15.6. The molecule has 0 unspecified atom stereocenters. The van der Waals surface area contributed by atoms with Crippen LogP contribution < -0.4 is 15.6 Å². The second kappa shape index (κ2) is 6.36. The van der Waals surface area contributed by atoms with Crippen LogP contribution in [0.25, 0.3) is 0 Å². The number of hydrogen-bond donors (Lipinski definition) is 4. The van der Waals surface area contributed by atoms with Crippen LogP contribution in [0.2, 0.25) is 5.02 Å². The van der Waals surface area contributed by atoms with Gasteiger partial charge in [0.15, 0.2) is 0 Å². The molecule has 0 heterocycles. The predicted molar refractivity (Wildman–Crippen MR) is 77.6 cm³/mol. The summed E-state index contributed by atoms with van der Waals surface area (Å²) in [4.78, 5) is 0. The summed E-state index contributed by atoms with van der Waals surface area (Å²) in [7, 11) is -3.56. The summed E-state index contributed by atoms with van der Waals surface area (Å²) in [6.45, 7) is 0. The van der Waals surface area contributed by atoms with E-state index in [0.29, 0.717) is 0 Å². The first kappa shape index (κ1) is 15.7. The van der Waals surface area contributed by atoms with Crippen molar-refractivity contribution in [3.8, 4) is 11.5 Å². The SMILES string of the molecule is OB(Oc1ccc(Cl)cc1B(O)O)c1cc(F)ccc1O. The largest absolute Gasteiger partial charge is 0.563 e. The Bertz CT molecular complexity index is 656. The van der Waals surface area contributed by atoms with Gasteiger partial charge in [-0.3, -0.25) is 0 Å². The monoisotopic (exact) mass is 310 g/mol. The third-order valence-corrected chi connectivity index (χ3v) is 2.98. The van der Waals surface area contributed by atoms with Gasteiger partial charge in [-0.2, -0.15) is 0 Å². The standard InChI is InChI=1S/C12H10B2ClFO5/c15-7-1-4-12(10(5-7)13(18)19)21-14(20)9-6-8(16)2-3-11(9)17/h1-6,17-20H. The highest BCUT2D eigenvalue weighted by Gasteiger charge is 2.26. The van der Waals surface area contributed by atoms with Crippen molar-refractivity contribution in [3.05, 3.63) is 47.2 Å². The van der Waals surface area contributed by atoms with Gasteiger partial charge in [0.1, 0.15) is 17.3 Å². The number of aromatic hydroxyl groups is 1. The van der Waals surface area contributed by atoms with Gasteiger partial charge in [0.05, 0.1) is 0 Å². The van der Waals surface area contributed by atoms with Gasteiger partial charge < -0.3 is 24.8 Å². The molecule has 0 bridgehead atoms. The molecule has 0 saturated heterocycles. The Balaban J connectivity index is 2.31. The first-order valence-corrected chi connectivity index (χ1v) is 6.25. The molecule has 0 saturated carbocycles. The quantitative estimate of drug-likeness (QED) is 0.579. The van der Waals surface area contributed by atoms with E-state index in [2.05, 4.69) is 0 Å². The maximum Gasteiger partial charge on any atom is 0.563 e. The second-order valence-electron chi connectivity index (χ2n) is 4.23. The first-order valence-electron chi connectivity index (χ1n) is 5.87. The summed E-state index contributed by atoms with van der Waals surface area (Å²) in [5.74, 6) is -1.08. The van der Waals surface area contributed by atoms with E-state index in [1.807, 2.05) is 0 Å². The van der Waals surface area contributed by atoms with Crippen LogP contribution in [0.5, 0.6) is 11.5 Å². The maximum atomic E-state index is 13.1. The van der Waals surface area contributed by atoms with Crippen molar-refractivity contribution in [1.82, 2.24) is 0 Å². The molecule has 2 rings (SSSR count). The van der Waals surface area contributed by atoms with Gasteiger partial charge in [-0.05, 0) is 36.4 Å². The average molecular weight is 310 g/mol. The van der Waals surface area contributed by atoms with Crippen molar-refractivity contribution in [1.29, 1.82) is 0 Å². The van der Waals surface area contributed by atoms with Crippen LogP contribution >= 0.6 is 11.6 Å². The van der Waals surface area contributed by atoms with E-state index in [1.165, 1.54) is 18.2 Å².